The molecule has 2 rings (SSSR count). The average Bonchev–Trinajstić information content (AvgIpc) is 2.85. The molecule has 1 aliphatic heterocycles. The van der Waals surface area contributed by atoms with E-state index < -0.39 is 0 Å². The molecule has 0 radical (unpaired) electrons. The fourth-order valence-corrected chi connectivity index (χ4v) is 2.85. The molecule has 0 bridgehead atoms. The standard InChI is InChI=1S/C15H27N3O/c1-2-3-4-5-6-7-8-14-16-17-15-10-9-13(12-19)11-18(14)15/h13,19H,2-12H2,1H3. The van der Waals surface area contributed by atoms with Gasteiger partial charge in [0.15, 0.2) is 0 Å². The minimum atomic E-state index is 0.286. The topological polar surface area (TPSA) is 50.9 Å². The van der Waals surface area contributed by atoms with Crippen LogP contribution in [0.1, 0.15) is 63.5 Å². The van der Waals surface area contributed by atoms with E-state index in [9.17, 15) is 5.11 Å². The molecule has 0 saturated carbocycles. The fourth-order valence-electron chi connectivity index (χ4n) is 2.85. The third-order valence-corrected chi connectivity index (χ3v) is 4.13. The summed E-state index contributed by atoms with van der Waals surface area (Å²) in [5.74, 6) is 2.64. The van der Waals surface area contributed by atoms with Gasteiger partial charge >= 0.3 is 0 Å². The molecule has 1 unspecified atom stereocenters. The lowest BCUT2D eigenvalue weighted by Crippen LogP contribution is -2.24. The smallest absolute Gasteiger partial charge is 0.133 e. The minimum absolute atomic E-state index is 0.286. The van der Waals surface area contributed by atoms with E-state index in [1.165, 1.54) is 38.5 Å². The zero-order chi connectivity index (χ0) is 13.5. The molecule has 0 amide bonds. The molecule has 0 spiro atoms. The Bertz CT molecular complexity index is 375. The molecule has 1 aromatic heterocycles. The number of aryl methyl sites for hydroxylation is 2. The lowest BCUT2D eigenvalue weighted by Gasteiger charge is -2.22. The third kappa shape index (κ3) is 4.03. The number of nitrogens with zero attached hydrogens (tertiary/aromatic N) is 3. The summed E-state index contributed by atoms with van der Waals surface area (Å²) in [6.07, 6.45) is 10.9. The molecule has 0 saturated heterocycles. The highest BCUT2D eigenvalue weighted by molar-refractivity contribution is 5.00. The zero-order valence-corrected chi connectivity index (χ0v) is 12.1. The highest BCUT2D eigenvalue weighted by Gasteiger charge is 2.21. The molecular weight excluding hydrogens is 238 g/mol. The number of rotatable bonds is 8. The van der Waals surface area contributed by atoms with Gasteiger partial charge < -0.3 is 9.67 Å². The van der Waals surface area contributed by atoms with Gasteiger partial charge in [-0.25, -0.2) is 0 Å². The first kappa shape index (κ1) is 14.5. The molecule has 4 nitrogen and oxygen atoms in total. The monoisotopic (exact) mass is 265 g/mol. The van der Waals surface area contributed by atoms with Gasteiger partial charge in [-0.1, -0.05) is 39.0 Å². The predicted octanol–water partition coefficient (Wildman–Crippen LogP) is 2.74. The number of aromatic nitrogens is 3. The fraction of sp³-hybridized carbons (Fsp3) is 0.867. The summed E-state index contributed by atoms with van der Waals surface area (Å²) in [6, 6.07) is 0. The van der Waals surface area contributed by atoms with E-state index >= 15 is 0 Å². The number of hydrogen-bond acceptors (Lipinski definition) is 3. The van der Waals surface area contributed by atoms with Crippen LogP contribution in [0, 0.1) is 5.92 Å². The second-order valence-corrected chi connectivity index (χ2v) is 5.75. The highest BCUT2D eigenvalue weighted by atomic mass is 16.3. The van der Waals surface area contributed by atoms with Gasteiger partial charge in [0, 0.05) is 31.9 Å². The molecule has 19 heavy (non-hydrogen) atoms. The predicted molar refractivity (Wildman–Crippen MR) is 76.0 cm³/mol. The van der Waals surface area contributed by atoms with Gasteiger partial charge in [-0.15, -0.1) is 10.2 Å². The van der Waals surface area contributed by atoms with Gasteiger partial charge in [0.05, 0.1) is 0 Å². The largest absolute Gasteiger partial charge is 0.396 e. The van der Waals surface area contributed by atoms with Crippen molar-refractivity contribution < 1.29 is 5.11 Å². The molecule has 4 heteroatoms. The average molecular weight is 265 g/mol. The SMILES string of the molecule is CCCCCCCCc1nnc2n1CC(CO)CC2. The van der Waals surface area contributed by atoms with Crippen molar-refractivity contribution in [3.05, 3.63) is 11.6 Å². The molecule has 0 fully saturated rings. The van der Waals surface area contributed by atoms with Crippen molar-refractivity contribution in [2.45, 2.75) is 71.3 Å². The van der Waals surface area contributed by atoms with Crippen LogP contribution in [0.15, 0.2) is 0 Å². The van der Waals surface area contributed by atoms with E-state index in [4.69, 9.17) is 0 Å². The molecule has 2 heterocycles. The quantitative estimate of drug-likeness (QED) is 0.735. The Balaban J connectivity index is 1.77. The number of hydrogen-bond donors (Lipinski definition) is 1. The Morgan fingerprint density at radius 2 is 1.95 bits per heavy atom. The summed E-state index contributed by atoms with van der Waals surface area (Å²) in [5, 5.41) is 17.9. The number of unbranched alkanes of at least 4 members (excludes halogenated alkanes) is 5. The van der Waals surface area contributed by atoms with Crippen molar-refractivity contribution >= 4 is 0 Å². The number of aliphatic hydroxyl groups is 1. The Morgan fingerprint density at radius 1 is 1.16 bits per heavy atom. The molecular formula is C15H27N3O. The molecule has 1 aromatic rings. The van der Waals surface area contributed by atoms with E-state index in [1.54, 1.807) is 0 Å². The molecule has 0 aliphatic carbocycles. The molecule has 108 valence electrons. The Hall–Kier alpha value is -0.900. The van der Waals surface area contributed by atoms with E-state index in [0.717, 1.165) is 37.5 Å². The normalized spacial score (nSPS) is 18.5. The number of fused-ring (bicyclic) bond motifs is 1. The lowest BCUT2D eigenvalue weighted by molar-refractivity contribution is 0.189. The molecule has 0 aromatic carbocycles. The summed E-state index contributed by atoms with van der Waals surface area (Å²) in [6.45, 7) is 3.44. The van der Waals surface area contributed by atoms with Crippen molar-refractivity contribution in [2.75, 3.05) is 6.61 Å². The second kappa shape index (κ2) is 7.63. The van der Waals surface area contributed by atoms with Crippen LogP contribution in [0.4, 0.5) is 0 Å². The van der Waals surface area contributed by atoms with Gasteiger partial charge in [-0.3, -0.25) is 0 Å². The maximum absolute atomic E-state index is 9.29. The summed E-state index contributed by atoms with van der Waals surface area (Å²) in [5.41, 5.74) is 0. The van der Waals surface area contributed by atoms with Crippen LogP contribution in [-0.2, 0) is 19.4 Å². The molecule has 1 N–H and O–H groups in total. The van der Waals surface area contributed by atoms with Gasteiger partial charge in [-0.05, 0) is 12.8 Å². The first-order valence-electron chi connectivity index (χ1n) is 7.87. The summed E-state index contributed by atoms with van der Waals surface area (Å²) in [4.78, 5) is 0. The van der Waals surface area contributed by atoms with Crippen LogP contribution in [0.3, 0.4) is 0 Å². The van der Waals surface area contributed by atoms with Crippen LogP contribution in [0.25, 0.3) is 0 Å². The van der Waals surface area contributed by atoms with Crippen molar-refractivity contribution in [1.29, 1.82) is 0 Å². The van der Waals surface area contributed by atoms with Crippen molar-refractivity contribution in [3.8, 4) is 0 Å². The first-order chi connectivity index (χ1) is 9.35. The molecule has 1 atom stereocenters. The third-order valence-electron chi connectivity index (χ3n) is 4.13. The Labute approximate surface area is 116 Å². The zero-order valence-electron chi connectivity index (χ0n) is 12.1. The van der Waals surface area contributed by atoms with Crippen LogP contribution in [0.2, 0.25) is 0 Å². The Kier molecular flexibility index (Phi) is 5.83. The Morgan fingerprint density at radius 3 is 2.74 bits per heavy atom. The van der Waals surface area contributed by atoms with Gasteiger partial charge in [0.1, 0.15) is 11.6 Å². The van der Waals surface area contributed by atoms with Gasteiger partial charge in [0.2, 0.25) is 0 Å². The highest BCUT2D eigenvalue weighted by Crippen LogP contribution is 2.20. The van der Waals surface area contributed by atoms with Crippen molar-refractivity contribution in [1.82, 2.24) is 14.8 Å². The van der Waals surface area contributed by atoms with Crippen LogP contribution < -0.4 is 0 Å². The van der Waals surface area contributed by atoms with Crippen LogP contribution >= 0.6 is 0 Å². The van der Waals surface area contributed by atoms with E-state index in [2.05, 4.69) is 21.7 Å². The van der Waals surface area contributed by atoms with Crippen molar-refractivity contribution in [2.24, 2.45) is 5.92 Å². The van der Waals surface area contributed by atoms with E-state index in [-0.39, 0.29) is 6.61 Å². The summed E-state index contributed by atoms with van der Waals surface area (Å²) >= 11 is 0. The van der Waals surface area contributed by atoms with Crippen LogP contribution in [-0.4, -0.2) is 26.5 Å². The van der Waals surface area contributed by atoms with Gasteiger partial charge in [-0.2, -0.15) is 0 Å². The lowest BCUT2D eigenvalue weighted by atomic mass is 10.00. The van der Waals surface area contributed by atoms with E-state index in [1.807, 2.05) is 0 Å². The maximum Gasteiger partial charge on any atom is 0.133 e. The van der Waals surface area contributed by atoms with Crippen molar-refractivity contribution in [3.63, 3.8) is 0 Å². The number of aliphatic hydroxyl groups excluding tert-OH is 1. The van der Waals surface area contributed by atoms with E-state index in [0.29, 0.717) is 5.92 Å². The van der Waals surface area contributed by atoms with Gasteiger partial charge in [0.25, 0.3) is 0 Å². The summed E-state index contributed by atoms with van der Waals surface area (Å²) < 4.78 is 2.25. The van der Waals surface area contributed by atoms with Crippen LogP contribution in [0.5, 0.6) is 0 Å². The first-order valence-corrected chi connectivity index (χ1v) is 7.87. The second-order valence-electron chi connectivity index (χ2n) is 5.75. The maximum atomic E-state index is 9.29. The molecule has 1 aliphatic rings. The summed E-state index contributed by atoms with van der Waals surface area (Å²) in [7, 11) is 0. The minimum Gasteiger partial charge on any atom is -0.396 e.